The Kier molecular flexibility index (Phi) is 4.13. The molecule has 3 rings (SSSR count). The van der Waals surface area contributed by atoms with Crippen LogP contribution in [0.2, 0.25) is 0 Å². The van der Waals surface area contributed by atoms with E-state index >= 15 is 0 Å². The van der Waals surface area contributed by atoms with E-state index in [0.717, 1.165) is 44.6 Å². The number of piperidine rings is 1. The van der Waals surface area contributed by atoms with Gasteiger partial charge in [-0.2, -0.15) is 0 Å². The minimum atomic E-state index is -0.269. The second-order valence-corrected chi connectivity index (χ2v) is 7.93. The molecule has 0 unspecified atom stereocenters. The highest BCUT2D eigenvalue weighted by atomic mass is 16.5. The van der Waals surface area contributed by atoms with Crippen molar-refractivity contribution in [3.63, 3.8) is 0 Å². The zero-order valence-corrected chi connectivity index (χ0v) is 14.7. The van der Waals surface area contributed by atoms with E-state index in [-0.39, 0.29) is 16.9 Å². The monoisotopic (exact) mass is 316 g/mol. The third-order valence-electron chi connectivity index (χ3n) is 5.08. The van der Waals surface area contributed by atoms with Gasteiger partial charge in [0.15, 0.2) is 0 Å². The van der Waals surface area contributed by atoms with Crippen molar-refractivity contribution < 1.29 is 9.53 Å². The Morgan fingerprint density at radius 2 is 2.13 bits per heavy atom. The van der Waals surface area contributed by atoms with Gasteiger partial charge in [-0.05, 0) is 57.4 Å². The summed E-state index contributed by atoms with van der Waals surface area (Å²) < 4.78 is 5.95. The summed E-state index contributed by atoms with van der Waals surface area (Å²) in [6.07, 6.45) is 3.01. The van der Waals surface area contributed by atoms with Gasteiger partial charge in [0.25, 0.3) is 0 Å². The Hall–Kier alpha value is -1.55. The van der Waals surface area contributed by atoms with E-state index in [4.69, 9.17) is 4.74 Å². The molecule has 2 aliphatic heterocycles. The van der Waals surface area contributed by atoms with Gasteiger partial charge in [-0.3, -0.25) is 9.69 Å². The van der Waals surface area contributed by atoms with Gasteiger partial charge in [0.05, 0.1) is 5.41 Å². The molecule has 0 spiro atoms. The van der Waals surface area contributed by atoms with Crippen molar-refractivity contribution in [1.82, 2.24) is 10.2 Å². The summed E-state index contributed by atoms with van der Waals surface area (Å²) >= 11 is 0. The average Bonchev–Trinajstić information content (AvgIpc) is 2.79. The van der Waals surface area contributed by atoms with Crippen LogP contribution in [-0.2, 0) is 17.8 Å². The van der Waals surface area contributed by atoms with Gasteiger partial charge in [0.2, 0.25) is 5.91 Å². The Labute approximate surface area is 139 Å². The molecule has 1 saturated heterocycles. The molecule has 4 heteroatoms. The van der Waals surface area contributed by atoms with E-state index < -0.39 is 0 Å². The van der Waals surface area contributed by atoms with E-state index in [0.29, 0.717) is 0 Å². The highest BCUT2D eigenvalue weighted by molar-refractivity contribution is 5.82. The number of likely N-dealkylation sites (tertiary alicyclic amines) is 1. The first kappa shape index (κ1) is 16.3. The normalized spacial score (nSPS) is 26.4. The number of nitrogens with one attached hydrogen (secondary N) is 1. The van der Waals surface area contributed by atoms with Crippen LogP contribution in [0, 0.1) is 5.41 Å². The summed E-state index contributed by atoms with van der Waals surface area (Å²) in [5.74, 6) is 1.18. The van der Waals surface area contributed by atoms with Crippen LogP contribution in [0.4, 0.5) is 0 Å². The van der Waals surface area contributed by atoms with Crippen molar-refractivity contribution in [3.8, 4) is 5.75 Å². The van der Waals surface area contributed by atoms with Crippen molar-refractivity contribution in [2.75, 3.05) is 20.1 Å². The minimum absolute atomic E-state index is 0.0934. The molecule has 2 heterocycles. The lowest BCUT2D eigenvalue weighted by molar-refractivity contribution is -0.132. The van der Waals surface area contributed by atoms with E-state index in [1.807, 2.05) is 0 Å². The molecule has 0 radical (unpaired) electrons. The Balaban J connectivity index is 1.70. The van der Waals surface area contributed by atoms with Crippen LogP contribution in [0.1, 0.15) is 44.7 Å². The molecule has 1 aromatic carbocycles. The molecule has 4 nitrogen and oxygen atoms in total. The van der Waals surface area contributed by atoms with Crippen molar-refractivity contribution in [2.24, 2.45) is 5.41 Å². The molecule has 0 aromatic heterocycles. The molecule has 1 atom stereocenters. The summed E-state index contributed by atoms with van der Waals surface area (Å²) in [7, 11) is 1.73. The first-order chi connectivity index (χ1) is 10.8. The number of rotatable bonds is 3. The smallest absolute Gasteiger partial charge is 0.226 e. The molecule has 1 N–H and O–H groups in total. The molecular weight excluding hydrogens is 288 g/mol. The standard InChI is InChI=1S/C19H28N2O2/c1-18(2)11-15-10-14(6-7-16(15)23-18)12-21-9-5-8-19(3,13-21)17(22)20-4/h6-7,10H,5,8-9,11-13H2,1-4H3,(H,20,22)/t19-/m0/s1. The van der Waals surface area contributed by atoms with Crippen LogP contribution < -0.4 is 10.1 Å². The molecular formula is C19H28N2O2. The highest BCUT2D eigenvalue weighted by Crippen LogP contribution is 2.36. The fourth-order valence-electron chi connectivity index (χ4n) is 3.99. The molecule has 126 valence electrons. The van der Waals surface area contributed by atoms with E-state index in [2.05, 4.69) is 49.2 Å². The SMILES string of the molecule is CNC(=O)[C@@]1(C)CCCN(Cc2ccc3c(c2)CC(C)(C)O3)C1. The van der Waals surface area contributed by atoms with Crippen LogP contribution in [-0.4, -0.2) is 36.5 Å². The number of amides is 1. The lowest BCUT2D eigenvalue weighted by Crippen LogP contribution is -2.49. The fraction of sp³-hybridized carbons (Fsp3) is 0.632. The highest BCUT2D eigenvalue weighted by Gasteiger charge is 2.37. The van der Waals surface area contributed by atoms with Crippen molar-refractivity contribution >= 4 is 5.91 Å². The summed E-state index contributed by atoms with van der Waals surface area (Å²) in [6, 6.07) is 6.53. The number of hydrogen-bond acceptors (Lipinski definition) is 3. The topological polar surface area (TPSA) is 41.6 Å². The average molecular weight is 316 g/mol. The van der Waals surface area contributed by atoms with Crippen LogP contribution >= 0.6 is 0 Å². The zero-order chi connectivity index (χ0) is 16.7. The first-order valence-corrected chi connectivity index (χ1v) is 8.57. The minimum Gasteiger partial charge on any atom is -0.487 e. The van der Waals surface area contributed by atoms with Crippen molar-refractivity contribution in [2.45, 2.75) is 52.2 Å². The van der Waals surface area contributed by atoms with Crippen LogP contribution in [0.3, 0.4) is 0 Å². The predicted octanol–water partition coefficient (Wildman–Crippen LogP) is 2.75. The van der Waals surface area contributed by atoms with Crippen LogP contribution in [0.15, 0.2) is 18.2 Å². The third-order valence-corrected chi connectivity index (χ3v) is 5.08. The number of carbonyl (C=O) groups is 1. The van der Waals surface area contributed by atoms with E-state index in [9.17, 15) is 4.79 Å². The van der Waals surface area contributed by atoms with Crippen molar-refractivity contribution in [3.05, 3.63) is 29.3 Å². The number of nitrogens with zero attached hydrogens (tertiary/aromatic N) is 1. The molecule has 2 aliphatic rings. The Morgan fingerprint density at radius 1 is 1.35 bits per heavy atom. The summed E-state index contributed by atoms with van der Waals surface area (Å²) in [6.45, 7) is 9.13. The molecule has 23 heavy (non-hydrogen) atoms. The summed E-state index contributed by atoms with van der Waals surface area (Å²) in [5, 5.41) is 2.82. The number of fused-ring (bicyclic) bond motifs is 1. The molecule has 1 amide bonds. The molecule has 1 fully saturated rings. The fourth-order valence-corrected chi connectivity index (χ4v) is 3.99. The maximum Gasteiger partial charge on any atom is 0.226 e. The summed E-state index contributed by atoms with van der Waals surface area (Å²) in [5.41, 5.74) is 2.25. The van der Waals surface area contributed by atoms with Gasteiger partial charge < -0.3 is 10.1 Å². The van der Waals surface area contributed by atoms with E-state index in [1.54, 1.807) is 7.05 Å². The van der Waals surface area contributed by atoms with Crippen LogP contribution in [0.5, 0.6) is 5.75 Å². The van der Waals surface area contributed by atoms with Crippen LogP contribution in [0.25, 0.3) is 0 Å². The molecule has 1 aromatic rings. The Morgan fingerprint density at radius 3 is 2.87 bits per heavy atom. The third kappa shape index (κ3) is 3.37. The Bertz CT molecular complexity index is 611. The maximum absolute atomic E-state index is 12.2. The lowest BCUT2D eigenvalue weighted by atomic mass is 9.81. The quantitative estimate of drug-likeness (QED) is 0.932. The largest absolute Gasteiger partial charge is 0.487 e. The van der Waals surface area contributed by atoms with Gasteiger partial charge in [-0.15, -0.1) is 0 Å². The number of carbonyl (C=O) groups excluding carboxylic acids is 1. The van der Waals surface area contributed by atoms with E-state index in [1.165, 1.54) is 11.1 Å². The number of ether oxygens (including phenoxy) is 1. The number of hydrogen-bond donors (Lipinski definition) is 1. The van der Waals surface area contributed by atoms with Gasteiger partial charge in [-0.25, -0.2) is 0 Å². The van der Waals surface area contributed by atoms with Gasteiger partial charge in [0, 0.05) is 26.6 Å². The lowest BCUT2D eigenvalue weighted by Gasteiger charge is -2.39. The zero-order valence-electron chi connectivity index (χ0n) is 14.7. The van der Waals surface area contributed by atoms with Gasteiger partial charge in [0.1, 0.15) is 11.4 Å². The number of benzene rings is 1. The maximum atomic E-state index is 12.2. The second-order valence-electron chi connectivity index (χ2n) is 7.93. The molecule has 0 bridgehead atoms. The second kappa shape index (κ2) is 5.82. The van der Waals surface area contributed by atoms with Crippen molar-refractivity contribution in [1.29, 1.82) is 0 Å². The summed E-state index contributed by atoms with van der Waals surface area (Å²) in [4.78, 5) is 14.6. The molecule has 0 aliphatic carbocycles. The molecule has 0 saturated carbocycles. The predicted molar refractivity (Wildman–Crippen MR) is 91.5 cm³/mol. The van der Waals surface area contributed by atoms with Gasteiger partial charge >= 0.3 is 0 Å². The van der Waals surface area contributed by atoms with Gasteiger partial charge in [-0.1, -0.05) is 12.1 Å². The first-order valence-electron chi connectivity index (χ1n) is 8.57.